The zero-order valence-electron chi connectivity index (χ0n) is 10.8. The van der Waals surface area contributed by atoms with Crippen molar-refractivity contribution in [3.05, 3.63) is 16.4 Å². The third kappa shape index (κ3) is 3.30. The minimum atomic E-state index is 0.409. The number of hydrogen-bond acceptors (Lipinski definition) is 4. The number of aromatic nitrogens is 2. The lowest BCUT2D eigenvalue weighted by molar-refractivity contribution is 0.376. The van der Waals surface area contributed by atoms with Crippen molar-refractivity contribution in [2.24, 2.45) is 5.92 Å². The summed E-state index contributed by atoms with van der Waals surface area (Å²) >= 11 is 12.1. The van der Waals surface area contributed by atoms with Crippen LogP contribution in [-0.4, -0.2) is 35.9 Å². The largest absolute Gasteiger partial charge is 0.366 e. The Morgan fingerprint density at radius 3 is 2.79 bits per heavy atom. The number of rotatable bonds is 4. The molecule has 0 aromatic carbocycles. The molecule has 2 heterocycles. The minimum Gasteiger partial charge on any atom is -0.366 e. The highest BCUT2D eigenvalue weighted by Gasteiger charge is 2.32. The van der Waals surface area contributed by atoms with Gasteiger partial charge in [0.2, 0.25) is 0 Å². The van der Waals surface area contributed by atoms with E-state index in [4.69, 9.17) is 23.2 Å². The van der Waals surface area contributed by atoms with Crippen molar-refractivity contribution in [3.8, 4) is 0 Å². The molecular formula is C13H18Cl2N4. The van der Waals surface area contributed by atoms with Crippen LogP contribution in [0, 0.1) is 5.92 Å². The first-order valence-electron chi connectivity index (χ1n) is 6.90. The summed E-state index contributed by atoms with van der Waals surface area (Å²) in [5, 5.41) is 12.1. The fourth-order valence-electron chi connectivity index (χ4n) is 2.73. The van der Waals surface area contributed by atoms with Crippen LogP contribution in [0.15, 0.2) is 6.07 Å². The average molecular weight is 301 g/mol. The molecule has 2 fully saturated rings. The van der Waals surface area contributed by atoms with Gasteiger partial charge in [0.1, 0.15) is 0 Å². The van der Waals surface area contributed by atoms with Gasteiger partial charge < -0.3 is 10.2 Å². The molecule has 1 aromatic rings. The van der Waals surface area contributed by atoms with Gasteiger partial charge in [0.05, 0.1) is 5.69 Å². The van der Waals surface area contributed by atoms with E-state index in [1.807, 2.05) is 6.07 Å². The highest BCUT2D eigenvalue weighted by atomic mass is 35.5. The molecule has 104 valence electrons. The third-order valence-corrected chi connectivity index (χ3v) is 4.31. The number of piperidine rings is 1. The molecule has 1 aromatic heterocycles. The lowest BCUT2D eigenvalue weighted by atomic mass is 9.99. The van der Waals surface area contributed by atoms with E-state index < -0.39 is 0 Å². The van der Waals surface area contributed by atoms with Crippen molar-refractivity contribution in [3.63, 3.8) is 0 Å². The van der Waals surface area contributed by atoms with Crippen molar-refractivity contribution in [1.82, 2.24) is 15.5 Å². The van der Waals surface area contributed by atoms with Crippen LogP contribution >= 0.6 is 23.2 Å². The monoisotopic (exact) mass is 300 g/mol. The summed E-state index contributed by atoms with van der Waals surface area (Å²) in [6.45, 7) is 3.26. The Bertz CT molecular complexity index is 444. The Labute approximate surface area is 123 Å². The van der Waals surface area contributed by atoms with E-state index in [1.54, 1.807) is 0 Å². The Hall–Kier alpha value is -0.580. The van der Waals surface area contributed by atoms with E-state index in [0.29, 0.717) is 22.3 Å². The van der Waals surface area contributed by atoms with Gasteiger partial charge in [-0.25, -0.2) is 0 Å². The number of nitrogens with one attached hydrogen (secondary N) is 1. The Morgan fingerprint density at radius 1 is 1.26 bits per heavy atom. The predicted octanol–water partition coefficient (Wildman–Crippen LogP) is 2.75. The van der Waals surface area contributed by atoms with E-state index in [-0.39, 0.29) is 0 Å². The molecule has 0 bridgehead atoms. The molecule has 1 N–H and O–H groups in total. The SMILES string of the molecule is Clc1cc(N(CC2CCCNC2)C2CC2)c(Cl)nn1. The smallest absolute Gasteiger partial charge is 0.175 e. The zero-order chi connectivity index (χ0) is 13.2. The highest BCUT2D eigenvalue weighted by Crippen LogP contribution is 2.36. The van der Waals surface area contributed by atoms with Gasteiger partial charge in [-0.3, -0.25) is 0 Å². The van der Waals surface area contributed by atoms with Crippen LogP contribution in [0.3, 0.4) is 0 Å². The Kier molecular flexibility index (Phi) is 4.10. The van der Waals surface area contributed by atoms with Gasteiger partial charge in [0, 0.05) is 18.7 Å². The molecule has 1 saturated heterocycles. The van der Waals surface area contributed by atoms with Gasteiger partial charge in [-0.05, 0) is 44.7 Å². The fourth-order valence-corrected chi connectivity index (χ4v) is 3.08. The summed E-state index contributed by atoms with van der Waals surface area (Å²) in [5.41, 5.74) is 0.940. The quantitative estimate of drug-likeness (QED) is 0.928. The van der Waals surface area contributed by atoms with E-state index in [0.717, 1.165) is 25.3 Å². The highest BCUT2D eigenvalue weighted by molar-refractivity contribution is 6.33. The molecule has 1 unspecified atom stereocenters. The van der Waals surface area contributed by atoms with E-state index >= 15 is 0 Å². The van der Waals surface area contributed by atoms with Crippen LogP contribution in [-0.2, 0) is 0 Å². The average Bonchev–Trinajstić information content (AvgIpc) is 3.25. The normalized spacial score (nSPS) is 23.4. The first kappa shape index (κ1) is 13.4. The van der Waals surface area contributed by atoms with Crippen molar-refractivity contribution in [2.45, 2.75) is 31.7 Å². The van der Waals surface area contributed by atoms with Crippen LogP contribution in [0.1, 0.15) is 25.7 Å². The summed E-state index contributed by atoms with van der Waals surface area (Å²) in [5.74, 6) is 0.678. The molecule has 0 amide bonds. The molecule has 1 atom stereocenters. The molecular weight excluding hydrogens is 283 g/mol. The maximum absolute atomic E-state index is 6.19. The molecule has 1 saturated carbocycles. The van der Waals surface area contributed by atoms with Gasteiger partial charge in [0.25, 0.3) is 0 Å². The molecule has 19 heavy (non-hydrogen) atoms. The number of anilines is 1. The van der Waals surface area contributed by atoms with Crippen molar-refractivity contribution >= 4 is 28.9 Å². The van der Waals surface area contributed by atoms with E-state index in [2.05, 4.69) is 20.4 Å². The predicted molar refractivity (Wildman–Crippen MR) is 78.0 cm³/mol. The van der Waals surface area contributed by atoms with E-state index in [9.17, 15) is 0 Å². The topological polar surface area (TPSA) is 41.0 Å². The van der Waals surface area contributed by atoms with Gasteiger partial charge in [0.15, 0.2) is 10.3 Å². The summed E-state index contributed by atoms with van der Waals surface area (Å²) in [7, 11) is 0. The van der Waals surface area contributed by atoms with Gasteiger partial charge >= 0.3 is 0 Å². The van der Waals surface area contributed by atoms with Crippen molar-refractivity contribution in [2.75, 3.05) is 24.5 Å². The lowest BCUT2D eigenvalue weighted by Crippen LogP contribution is -2.39. The number of halogens is 2. The second-order valence-corrected chi connectivity index (χ2v) is 6.18. The maximum Gasteiger partial charge on any atom is 0.175 e. The molecule has 6 heteroatoms. The van der Waals surface area contributed by atoms with E-state index in [1.165, 1.54) is 25.7 Å². The Balaban J connectivity index is 1.78. The summed E-state index contributed by atoms with van der Waals surface area (Å²) < 4.78 is 0. The van der Waals surface area contributed by atoms with Gasteiger partial charge in [-0.15, -0.1) is 10.2 Å². The Morgan fingerprint density at radius 2 is 2.11 bits per heavy atom. The molecule has 1 aliphatic carbocycles. The second-order valence-electron chi connectivity index (χ2n) is 5.44. The summed E-state index contributed by atoms with van der Waals surface area (Å²) in [6, 6.07) is 2.44. The molecule has 1 aliphatic heterocycles. The maximum atomic E-state index is 6.19. The van der Waals surface area contributed by atoms with Crippen LogP contribution in [0.5, 0.6) is 0 Å². The minimum absolute atomic E-state index is 0.409. The van der Waals surface area contributed by atoms with Gasteiger partial charge in [-0.2, -0.15) is 0 Å². The number of nitrogens with zero attached hydrogens (tertiary/aromatic N) is 3. The standard InChI is InChI=1S/C13H18Cl2N4/c14-12-6-11(13(15)18-17-12)19(10-3-4-10)8-9-2-1-5-16-7-9/h6,9-10,16H,1-5,7-8H2. The lowest BCUT2D eigenvalue weighted by Gasteiger charge is -2.32. The van der Waals surface area contributed by atoms with Crippen LogP contribution < -0.4 is 10.2 Å². The summed E-state index contributed by atoms with van der Waals surface area (Å²) in [4.78, 5) is 2.38. The first-order chi connectivity index (χ1) is 9.24. The first-order valence-corrected chi connectivity index (χ1v) is 7.65. The molecule has 4 nitrogen and oxygen atoms in total. The molecule has 3 rings (SSSR count). The van der Waals surface area contributed by atoms with Gasteiger partial charge in [-0.1, -0.05) is 23.2 Å². The second kappa shape index (κ2) is 5.81. The van der Waals surface area contributed by atoms with Crippen molar-refractivity contribution in [1.29, 1.82) is 0 Å². The van der Waals surface area contributed by atoms with Crippen molar-refractivity contribution < 1.29 is 0 Å². The molecule has 0 radical (unpaired) electrons. The zero-order valence-corrected chi connectivity index (χ0v) is 12.3. The van der Waals surface area contributed by atoms with Crippen LogP contribution in [0.2, 0.25) is 10.3 Å². The molecule has 2 aliphatic rings. The fraction of sp³-hybridized carbons (Fsp3) is 0.692. The van der Waals surface area contributed by atoms with Crippen LogP contribution in [0.4, 0.5) is 5.69 Å². The summed E-state index contributed by atoms with van der Waals surface area (Å²) in [6.07, 6.45) is 5.00. The third-order valence-electron chi connectivity index (χ3n) is 3.85. The number of hydrogen-bond donors (Lipinski definition) is 1. The molecule has 0 spiro atoms. The van der Waals surface area contributed by atoms with Crippen LogP contribution in [0.25, 0.3) is 0 Å².